The van der Waals surface area contributed by atoms with Crippen molar-refractivity contribution in [1.82, 2.24) is 4.90 Å². The first kappa shape index (κ1) is 11.5. The monoisotopic (exact) mass is 231 g/mol. The number of alkyl halides is 1. The second-order valence-corrected chi connectivity index (χ2v) is 4.90. The van der Waals surface area contributed by atoms with Gasteiger partial charge in [-0.2, -0.15) is 0 Å². The van der Waals surface area contributed by atoms with Gasteiger partial charge in [-0.25, -0.2) is 0 Å². The molecule has 2 nitrogen and oxygen atoms in total. The number of carbonyl (C=O) groups excluding carboxylic acids is 1. The predicted molar refractivity (Wildman–Crippen MR) is 61.5 cm³/mol. The van der Waals surface area contributed by atoms with E-state index < -0.39 is 0 Å². The molecule has 0 saturated carbocycles. The Hall–Kier alpha value is -0.540. The minimum Gasteiger partial charge on any atom is -0.340 e. The quantitative estimate of drug-likeness (QED) is 0.733. The standard InChI is InChI=1S/C10H14ClNOS/c1-7-6-9(14-8(7)2)10(13)12(3)5-4-11/h6H,4-5H2,1-3H3. The minimum atomic E-state index is 0.0619. The number of hydrogen-bond acceptors (Lipinski definition) is 2. The van der Waals surface area contributed by atoms with Gasteiger partial charge in [0.25, 0.3) is 5.91 Å². The molecule has 0 aliphatic rings. The van der Waals surface area contributed by atoms with Crippen molar-refractivity contribution in [3.05, 3.63) is 21.4 Å². The largest absolute Gasteiger partial charge is 0.340 e. The van der Waals surface area contributed by atoms with E-state index in [0.29, 0.717) is 12.4 Å². The molecule has 4 heteroatoms. The summed E-state index contributed by atoms with van der Waals surface area (Å²) in [4.78, 5) is 15.4. The van der Waals surface area contributed by atoms with E-state index in [1.165, 1.54) is 10.4 Å². The molecule has 0 radical (unpaired) electrons. The first-order chi connectivity index (χ1) is 6.56. The van der Waals surface area contributed by atoms with Crippen molar-refractivity contribution < 1.29 is 4.79 Å². The lowest BCUT2D eigenvalue weighted by molar-refractivity contribution is 0.0808. The van der Waals surface area contributed by atoms with Gasteiger partial charge < -0.3 is 4.90 Å². The van der Waals surface area contributed by atoms with Crippen molar-refractivity contribution in [2.45, 2.75) is 13.8 Å². The third-order valence-corrected chi connectivity index (χ3v) is 3.45. The van der Waals surface area contributed by atoms with Crippen LogP contribution in [-0.4, -0.2) is 30.3 Å². The summed E-state index contributed by atoms with van der Waals surface area (Å²) in [5.41, 5.74) is 1.18. The van der Waals surface area contributed by atoms with Crippen molar-refractivity contribution in [2.24, 2.45) is 0 Å². The molecule has 0 aromatic carbocycles. The summed E-state index contributed by atoms with van der Waals surface area (Å²) in [5.74, 6) is 0.540. The van der Waals surface area contributed by atoms with Crippen LogP contribution in [0.4, 0.5) is 0 Å². The Kier molecular flexibility index (Phi) is 3.96. The Balaban J connectivity index is 2.79. The number of rotatable bonds is 3. The van der Waals surface area contributed by atoms with Gasteiger partial charge in [-0.3, -0.25) is 4.79 Å². The van der Waals surface area contributed by atoms with Crippen LogP contribution in [0.25, 0.3) is 0 Å². The van der Waals surface area contributed by atoms with Crippen LogP contribution < -0.4 is 0 Å². The van der Waals surface area contributed by atoms with Gasteiger partial charge >= 0.3 is 0 Å². The van der Waals surface area contributed by atoms with Gasteiger partial charge in [-0.05, 0) is 25.5 Å². The first-order valence-electron chi connectivity index (χ1n) is 4.44. The summed E-state index contributed by atoms with van der Waals surface area (Å²) in [5, 5.41) is 0. The molecule has 0 saturated heterocycles. The van der Waals surface area contributed by atoms with Crippen LogP contribution in [0.15, 0.2) is 6.07 Å². The van der Waals surface area contributed by atoms with Crippen LogP contribution in [0.5, 0.6) is 0 Å². The fourth-order valence-corrected chi connectivity index (χ4v) is 2.38. The van der Waals surface area contributed by atoms with Crippen molar-refractivity contribution in [3.8, 4) is 0 Å². The zero-order chi connectivity index (χ0) is 10.7. The van der Waals surface area contributed by atoms with E-state index in [9.17, 15) is 4.79 Å². The van der Waals surface area contributed by atoms with Crippen LogP contribution in [0.2, 0.25) is 0 Å². The van der Waals surface area contributed by atoms with Crippen LogP contribution >= 0.6 is 22.9 Å². The average molecular weight is 232 g/mol. The van der Waals surface area contributed by atoms with Gasteiger partial charge in [-0.15, -0.1) is 22.9 Å². The van der Waals surface area contributed by atoms with E-state index in [0.717, 1.165) is 4.88 Å². The van der Waals surface area contributed by atoms with Crippen LogP contribution in [-0.2, 0) is 0 Å². The molecule has 0 spiro atoms. The maximum Gasteiger partial charge on any atom is 0.263 e. The molecule has 0 aliphatic carbocycles. The van der Waals surface area contributed by atoms with Gasteiger partial charge in [0.05, 0.1) is 4.88 Å². The normalized spacial score (nSPS) is 10.3. The Morgan fingerprint density at radius 1 is 1.57 bits per heavy atom. The minimum absolute atomic E-state index is 0.0619. The molecule has 1 aromatic rings. The second-order valence-electron chi connectivity index (χ2n) is 3.27. The van der Waals surface area contributed by atoms with E-state index in [1.54, 1.807) is 23.3 Å². The number of hydrogen-bond donors (Lipinski definition) is 0. The fourth-order valence-electron chi connectivity index (χ4n) is 1.09. The number of amides is 1. The molecule has 0 atom stereocenters. The number of nitrogens with zero attached hydrogens (tertiary/aromatic N) is 1. The lowest BCUT2D eigenvalue weighted by Gasteiger charge is -2.13. The summed E-state index contributed by atoms with van der Waals surface area (Å²) >= 11 is 7.12. The molecule has 0 fully saturated rings. The molecule has 1 aromatic heterocycles. The molecular weight excluding hydrogens is 218 g/mol. The van der Waals surface area contributed by atoms with Gasteiger partial charge in [0, 0.05) is 24.3 Å². The van der Waals surface area contributed by atoms with Crippen LogP contribution in [0, 0.1) is 13.8 Å². The Labute approximate surface area is 93.5 Å². The molecule has 1 rings (SSSR count). The predicted octanol–water partition coefficient (Wildman–Crippen LogP) is 2.68. The van der Waals surface area contributed by atoms with Gasteiger partial charge in [0.15, 0.2) is 0 Å². The molecule has 0 bridgehead atoms. The molecule has 78 valence electrons. The highest BCUT2D eigenvalue weighted by atomic mass is 35.5. The summed E-state index contributed by atoms with van der Waals surface area (Å²) in [6.45, 7) is 4.64. The molecule has 0 N–H and O–H groups in total. The lowest BCUT2D eigenvalue weighted by Crippen LogP contribution is -2.27. The maximum absolute atomic E-state index is 11.8. The Morgan fingerprint density at radius 2 is 2.21 bits per heavy atom. The Bertz CT molecular complexity index is 315. The lowest BCUT2D eigenvalue weighted by atomic mass is 10.3. The summed E-state index contributed by atoms with van der Waals surface area (Å²) in [7, 11) is 1.77. The second kappa shape index (κ2) is 4.80. The molecule has 0 aliphatic heterocycles. The van der Waals surface area contributed by atoms with Gasteiger partial charge in [0.2, 0.25) is 0 Å². The number of aryl methyl sites for hydroxylation is 2. The summed E-state index contributed by atoms with van der Waals surface area (Å²) in [6.07, 6.45) is 0. The van der Waals surface area contributed by atoms with E-state index in [2.05, 4.69) is 0 Å². The van der Waals surface area contributed by atoms with Crippen molar-refractivity contribution in [1.29, 1.82) is 0 Å². The molecule has 0 unspecified atom stereocenters. The summed E-state index contributed by atoms with van der Waals surface area (Å²) in [6, 6.07) is 1.94. The zero-order valence-electron chi connectivity index (χ0n) is 8.63. The van der Waals surface area contributed by atoms with Crippen molar-refractivity contribution in [2.75, 3.05) is 19.5 Å². The fraction of sp³-hybridized carbons (Fsp3) is 0.500. The van der Waals surface area contributed by atoms with E-state index >= 15 is 0 Å². The molecule has 1 amide bonds. The summed E-state index contributed by atoms with van der Waals surface area (Å²) < 4.78 is 0. The highest BCUT2D eigenvalue weighted by molar-refractivity contribution is 7.14. The molecular formula is C10H14ClNOS. The molecule has 14 heavy (non-hydrogen) atoms. The van der Waals surface area contributed by atoms with E-state index in [-0.39, 0.29) is 5.91 Å². The maximum atomic E-state index is 11.8. The van der Waals surface area contributed by atoms with Gasteiger partial charge in [-0.1, -0.05) is 0 Å². The zero-order valence-corrected chi connectivity index (χ0v) is 10.2. The van der Waals surface area contributed by atoms with E-state index in [4.69, 9.17) is 11.6 Å². The smallest absolute Gasteiger partial charge is 0.263 e. The average Bonchev–Trinajstić information content (AvgIpc) is 2.46. The van der Waals surface area contributed by atoms with Crippen molar-refractivity contribution in [3.63, 3.8) is 0 Å². The highest BCUT2D eigenvalue weighted by Crippen LogP contribution is 2.21. The highest BCUT2D eigenvalue weighted by Gasteiger charge is 2.14. The first-order valence-corrected chi connectivity index (χ1v) is 5.80. The van der Waals surface area contributed by atoms with Crippen LogP contribution in [0.3, 0.4) is 0 Å². The third kappa shape index (κ3) is 2.49. The topological polar surface area (TPSA) is 20.3 Å². The SMILES string of the molecule is Cc1cc(C(=O)N(C)CCCl)sc1C. The number of halogens is 1. The van der Waals surface area contributed by atoms with E-state index in [1.807, 2.05) is 19.9 Å². The number of carbonyl (C=O) groups is 1. The Morgan fingerprint density at radius 3 is 2.64 bits per heavy atom. The number of thiophene rings is 1. The third-order valence-electron chi connectivity index (χ3n) is 2.14. The molecule has 1 heterocycles. The van der Waals surface area contributed by atoms with Crippen LogP contribution in [0.1, 0.15) is 20.1 Å². The van der Waals surface area contributed by atoms with Crippen molar-refractivity contribution >= 4 is 28.8 Å². The van der Waals surface area contributed by atoms with Gasteiger partial charge in [0.1, 0.15) is 0 Å².